The number of nitriles is 1. The molecule has 1 N–H and O–H groups in total. The predicted molar refractivity (Wildman–Crippen MR) is 111 cm³/mol. The highest BCUT2D eigenvalue weighted by atomic mass is 19.1. The Kier molecular flexibility index (Phi) is 5.75. The van der Waals surface area contributed by atoms with Crippen LogP contribution in [0.15, 0.2) is 30.7 Å². The van der Waals surface area contributed by atoms with Gasteiger partial charge in [0.1, 0.15) is 24.3 Å². The average molecular weight is 422 g/mol. The van der Waals surface area contributed by atoms with E-state index in [1.54, 1.807) is 18.3 Å². The standard InChI is InChI=1S/C21H23FN8O/c1-3-13-4-7-16(22)17(8-13)29(2)20-11-24-21(27-26-20)15-6-5-14(9-18(15)31)30-12-25-19(10-23)28-30/h5-6,9,11-13,16-17,31H,3-4,7-8H2,1-2H3/t13-,16+,17-/m1/s1. The maximum Gasteiger partial charge on any atom is 0.252 e. The largest absolute Gasteiger partial charge is 0.507 e. The summed E-state index contributed by atoms with van der Waals surface area (Å²) in [6, 6.07) is 6.44. The quantitative estimate of drug-likeness (QED) is 0.667. The molecule has 1 fully saturated rings. The fourth-order valence-electron chi connectivity index (χ4n) is 3.98. The van der Waals surface area contributed by atoms with Gasteiger partial charge in [-0.25, -0.2) is 19.0 Å². The van der Waals surface area contributed by atoms with E-state index in [4.69, 9.17) is 5.26 Å². The fraction of sp³-hybridized carbons (Fsp3) is 0.429. The maximum absolute atomic E-state index is 14.5. The van der Waals surface area contributed by atoms with Crippen molar-refractivity contribution in [3.8, 4) is 28.9 Å². The molecule has 0 aliphatic heterocycles. The molecule has 9 nitrogen and oxygen atoms in total. The molecule has 160 valence electrons. The van der Waals surface area contributed by atoms with Gasteiger partial charge in [0.2, 0.25) is 0 Å². The Balaban J connectivity index is 1.53. The summed E-state index contributed by atoms with van der Waals surface area (Å²) in [5.74, 6) is 1.25. The van der Waals surface area contributed by atoms with Gasteiger partial charge in [-0.05, 0) is 37.3 Å². The van der Waals surface area contributed by atoms with Crippen LogP contribution in [0.3, 0.4) is 0 Å². The van der Waals surface area contributed by atoms with Crippen molar-refractivity contribution < 1.29 is 9.50 Å². The molecule has 1 saturated carbocycles. The first-order chi connectivity index (χ1) is 15.0. The smallest absolute Gasteiger partial charge is 0.252 e. The molecule has 0 spiro atoms. The molecule has 3 aromatic rings. The molecular formula is C21H23FN8O. The van der Waals surface area contributed by atoms with Gasteiger partial charge in [0.05, 0.1) is 23.5 Å². The van der Waals surface area contributed by atoms with Gasteiger partial charge in [0.25, 0.3) is 5.82 Å². The van der Waals surface area contributed by atoms with Crippen LogP contribution in [0.25, 0.3) is 17.1 Å². The summed E-state index contributed by atoms with van der Waals surface area (Å²) in [5.41, 5.74) is 0.939. The molecule has 3 atom stereocenters. The number of alkyl halides is 1. The van der Waals surface area contributed by atoms with E-state index in [0.717, 1.165) is 19.3 Å². The second kappa shape index (κ2) is 8.63. The second-order valence-electron chi connectivity index (χ2n) is 7.75. The van der Waals surface area contributed by atoms with Crippen LogP contribution in [0.1, 0.15) is 38.4 Å². The van der Waals surface area contributed by atoms with Crippen molar-refractivity contribution >= 4 is 5.82 Å². The van der Waals surface area contributed by atoms with Crippen molar-refractivity contribution in [2.75, 3.05) is 11.9 Å². The number of halogens is 1. The van der Waals surface area contributed by atoms with Gasteiger partial charge >= 0.3 is 0 Å². The van der Waals surface area contributed by atoms with Crippen LogP contribution in [0.2, 0.25) is 0 Å². The number of phenolic OH excluding ortho intramolecular Hbond substituents is 1. The Labute approximate surface area is 179 Å². The van der Waals surface area contributed by atoms with E-state index < -0.39 is 6.17 Å². The van der Waals surface area contributed by atoms with Crippen molar-refractivity contribution in [2.45, 2.75) is 44.8 Å². The molecule has 1 aliphatic carbocycles. The molecule has 0 bridgehead atoms. The van der Waals surface area contributed by atoms with E-state index in [9.17, 15) is 9.50 Å². The lowest BCUT2D eigenvalue weighted by molar-refractivity contribution is 0.170. The Morgan fingerprint density at radius 3 is 2.77 bits per heavy atom. The summed E-state index contributed by atoms with van der Waals surface area (Å²) >= 11 is 0. The average Bonchev–Trinajstić information content (AvgIpc) is 3.28. The molecule has 1 aliphatic rings. The third-order valence-corrected chi connectivity index (χ3v) is 5.91. The third kappa shape index (κ3) is 4.17. The summed E-state index contributed by atoms with van der Waals surface area (Å²) < 4.78 is 15.9. The number of rotatable bonds is 5. The number of anilines is 1. The molecule has 2 heterocycles. The molecule has 2 aromatic heterocycles. The van der Waals surface area contributed by atoms with Crippen LogP contribution >= 0.6 is 0 Å². The lowest BCUT2D eigenvalue weighted by Gasteiger charge is -2.37. The van der Waals surface area contributed by atoms with Crippen molar-refractivity contribution in [2.24, 2.45) is 5.92 Å². The monoisotopic (exact) mass is 422 g/mol. The topological polar surface area (TPSA) is 117 Å². The molecule has 0 saturated heterocycles. The number of phenols is 1. The zero-order valence-electron chi connectivity index (χ0n) is 17.4. The molecule has 0 radical (unpaired) electrons. The number of aromatic nitrogens is 6. The van der Waals surface area contributed by atoms with Crippen molar-refractivity contribution in [3.63, 3.8) is 0 Å². The van der Waals surface area contributed by atoms with E-state index in [0.29, 0.717) is 29.4 Å². The fourth-order valence-corrected chi connectivity index (χ4v) is 3.98. The van der Waals surface area contributed by atoms with Crippen LogP contribution in [-0.2, 0) is 0 Å². The summed E-state index contributed by atoms with van der Waals surface area (Å²) in [6.45, 7) is 2.14. The minimum absolute atomic E-state index is 0.0366. The highest BCUT2D eigenvalue weighted by Crippen LogP contribution is 2.33. The normalized spacial score (nSPS) is 20.9. The SMILES string of the molecule is CC[C@@H]1CC[C@H](F)[C@H](N(C)c2cnc(-c3ccc(-n4cnc(C#N)n4)cc3O)nn2)C1. The molecule has 31 heavy (non-hydrogen) atoms. The zero-order chi connectivity index (χ0) is 22.0. The van der Waals surface area contributed by atoms with Gasteiger partial charge in [0.15, 0.2) is 11.6 Å². The highest BCUT2D eigenvalue weighted by molar-refractivity contribution is 5.66. The van der Waals surface area contributed by atoms with Gasteiger partial charge < -0.3 is 10.0 Å². The van der Waals surface area contributed by atoms with Crippen LogP contribution in [0, 0.1) is 17.2 Å². The van der Waals surface area contributed by atoms with E-state index in [-0.39, 0.29) is 23.4 Å². The molecular weight excluding hydrogens is 399 g/mol. The number of benzene rings is 1. The predicted octanol–water partition coefficient (Wildman–Crippen LogP) is 3.05. The zero-order valence-corrected chi connectivity index (χ0v) is 17.4. The summed E-state index contributed by atoms with van der Waals surface area (Å²) in [4.78, 5) is 9.99. The van der Waals surface area contributed by atoms with E-state index in [1.807, 2.05) is 18.0 Å². The first-order valence-electron chi connectivity index (χ1n) is 10.2. The van der Waals surface area contributed by atoms with Gasteiger partial charge in [-0.1, -0.05) is 13.3 Å². The first kappa shape index (κ1) is 20.7. The molecule has 10 heteroatoms. The van der Waals surface area contributed by atoms with Crippen LogP contribution < -0.4 is 4.90 Å². The lowest BCUT2D eigenvalue weighted by Crippen LogP contribution is -2.44. The van der Waals surface area contributed by atoms with Gasteiger partial charge in [-0.3, -0.25) is 0 Å². The minimum Gasteiger partial charge on any atom is -0.507 e. The number of aromatic hydroxyl groups is 1. The second-order valence-corrected chi connectivity index (χ2v) is 7.75. The van der Waals surface area contributed by atoms with Crippen molar-refractivity contribution in [3.05, 3.63) is 36.5 Å². The van der Waals surface area contributed by atoms with E-state index >= 15 is 0 Å². The minimum atomic E-state index is -0.899. The van der Waals surface area contributed by atoms with Gasteiger partial charge in [0, 0.05) is 13.1 Å². The van der Waals surface area contributed by atoms with Crippen LogP contribution in [-0.4, -0.2) is 54.3 Å². The number of hydrogen-bond donors (Lipinski definition) is 1. The summed E-state index contributed by atoms with van der Waals surface area (Å²) in [5, 5.41) is 31.7. The number of nitrogens with zero attached hydrogens (tertiary/aromatic N) is 8. The van der Waals surface area contributed by atoms with E-state index in [1.165, 1.54) is 17.1 Å². The summed E-state index contributed by atoms with van der Waals surface area (Å²) in [6.07, 6.45) is 5.36. The van der Waals surface area contributed by atoms with Crippen LogP contribution in [0.5, 0.6) is 5.75 Å². The molecule has 1 aromatic carbocycles. The van der Waals surface area contributed by atoms with Gasteiger partial charge in [-0.2, -0.15) is 5.26 Å². The number of hydrogen-bond acceptors (Lipinski definition) is 8. The first-order valence-corrected chi connectivity index (χ1v) is 10.2. The van der Waals surface area contributed by atoms with Crippen LogP contribution in [0.4, 0.5) is 10.2 Å². The Bertz CT molecular complexity index is 1090. The molecule has 4 rings (SSSR count). The maximum atomic E-state index is 14.5. The Morgan fingerprint density at radius 1 is 1.29 bits per heavy atom. The molecule has 0 amide bonds. The highest BCUT2D eigenvalue weighted by Gasteiger charge is 2.33. The Hall–Kier alpha value is -3.61. The van der Waals surface area contributed by atoms with Crippen molar-refractivity contribution in [1.29, 1.82) is 5.26 Å². The van der Waals surface area contributed by atoms with E-state index in [2.05, 4.69) is 32.2 Å². The van der Waals surface area contributed by atoms with Gasteiger partial charge in [-0.15, -0.1) is 15.3 Å². The van der Waals surface area contributed by atoms with Crippen molar-refractivity contribution in [1.82, 2.24) is 29.9 Å². The molecule has 0 unspecified atom stereocenters. The third-order valence-electron chi connectivity index (χ3n) is 5.91. The Morgan fingerprint density at radius 2 is 2.13 bits per heavy atom. The lowest BCUT2D eigenvalue weighted by atomic mass is 9.82. The summed E-state index contributed by atoms with van der Waals surface area (Å²) in [7, 11) is 1.82.